The smallest absolute Gasteiger partial charge is 0.160 e. The van der Waals surface area contributed by atoms with Gasteiger partial charge in [0.05, 0.1) is 5.56 Å². The van der Waals surface area contributed by atoms with Crippen molar-refractivity contribution < 1.29 is 4.39 Å². The molecule has 72 valence electrons. The molecule has 0 spiro atoms. The molecule has 0 bridgehead atoms. The maximum atomic E-state index is 13.3. The lowest BCUT2D eigenvalue weighted by Gasteiger charge is -2.01. The summed E-state index contributed by atoms with van der Waals surface area (Å²) in [6.07, 6.45) is 3.10. The van der Waals surface area contributed by atoms with E-state index in [-0.39, 0.29) is 5.56 Å². The minimum absolute atomic E-state index is 0.0244. The Morgan fingerprint density at radius 3 is 2.53 bits per heavy atom. The van der Waals surface area contributed by atoms with Crippen LogP contribution in [0.2, 0.25) is 0 Å². The van der Waals surface area contributed by atoms with Crippen LogP contribution in [0.3, 0.4) is 0 Å². The zero-order valence-electron chi connectivity index (χ0n) is 7.68. The standard InChI is InChI=1S/C11H6FN3/c12-10-4-1-3-8(9(10)7-13)11-14-5-2-6-15-11/h1-6H. The van der Waals surface area contributed by atoms with Gasteiger partial charge in [-0.15, -0.1) is 0 Å². The van der Waals surface area contributed by atoms with Gasteiger partial charge in [-0.05, 0) is 18.2 Å². The van der Waals surface area contributed by atoms with Crippen LogP contribution in [0.25, 0.3) is 11.4 Å². The van der Waals surface area contributed by atoms with E-state index in [9.17, 15) is 4.39 Å². The third-order valence-corrected chi connectivity index (χ3v) is 1.93. The van der Waals surface area contributed by atoms with Gasteiger partial charge >= 0.3 is 0 Å². The third kappa shape index (κ3) is 1.67. The van der Waals surface area contributed by atoms with Crippen molar-refractivity contribution in [2.75, 3.05) is 0 Å². The maximum Gasteiger partial charge on any atom is 0.160 e. The summed E-state index contributed by atoms with van der Waals surface area (Å²) in [5, 5.41) is 8.82. The predicted molar refractivity (Wildman–Crippen MR) is 52.1 cm³/mol. The molecular weight excluding hydrogens is 193 g/mol. The van der Waals surface area contributed by atoms with Crippen molar-refractivity contribution in [2.24, 2.45) is 0 Å². The summed E-state index contributed by atoms with van der Waals surface area (Å²) >= 11 is 0. The van der Waals surface area contributed by atoms with Crippen molar-refractivity contribution in [3.05, 3.63) is 48.0 Å². The lowest BCUT2D eigenvalue weighted by molar-refractivity contribution is 0.624. The van der Waals surface area contributed by atoms with Gasteiger partial charge < -0.3 is 0 Å². The van der Waals surface area contributed by atoms with Crippen LogP contribution in [0.5, 0.6) is 0 Å². The summed E-state index contributed by atoms with van der Waals surface area (Å²) in [5.74, 6) is -0.198. The molecule has 1 aromatic heterocycles. The van der Waals surface area contributed by atoms with Crippen molar-refractivity contribution in [3.8, 4) is 17.5 Å². The van der Waals surface area contributed by atoms with Gasteiger partial charge in [-0.3, -0.25) is 0 Å². The largest absolute Gasteiger partial charge is 0.237 e. The fourth-order valence-corrected chi connectivity index (χ4v) is 1.26. The molecule has 0 aliphatic heterocycles. The van der Waals surface area contributed by atoms with Gasteiger partial charge in [0.25, 0.3) is 0 Å². The summed E-state index contributed by atoms with van der Waals surface area (Å²) in [7, 11) is 0. The zero-order valence-corrected chi connectivity index (χ0v) is 7.68. The summed E-state index contributed by atoms with van der Waals surface area (Å²) in [4.78, 5) is 7.94. The molecule has 3 nitrogen and oxygen atoms in total. The van der Waals surface area contributed by atoms with Crippen LogP contribution in [0.15, 0.2) is 36.7 Å². The first-order valence-corrected chi connectivity index (χ1v) is 4.29. The number of rotatable bonds is 1. The molecule has 1 heterocycles. The monoisotopic (exact) mass is 199 g/mol. The molecule has 0 unspecified atom stereocenters. The molecule has 2 aromatic rings. The van der Waals surface area contributed by atoms with Crippen LogP contribution in [0, 0.1) is 17.1 Å². The highest BCUT2D eigenvalue weighted by Crippen LogP contribution is 2.21. The Hall–Kier alpha value is -2.28. The van der Waals surface area contributed by atoms with Crippen LogP contribution >= 0.6 is 0 Å². The second-order valence-corrected chi connectivity index (χ2v) is 2.85. The molecule has 0 saturated carbocycles. The van der Waals surface area contributed by atoms with Crippen molar-refractivity contribution in [1.29, 1.82) is 5.26 Å². The number of nitriles is 1. The van der Waals surface area contributed by atoms with Gasteiger partial charge in [-0.1, -0.05) is 6.07 Å². The van der Waals surface area contributed by atoms with E-state index in [1.54, 1.807) is 24.5 Å². The molecule has 0 amide bonds. The number of benzene rings is 1. The van der Waals surface area contributed by atoms with Gasteiger partial charge in [0.15, 0.2) is 5.82 Å². The molecule has 0 atom stereocenters. The molecule has 0 radical (unpaired) electrons. The Balaban J connectivity index is 2.65. The van der Waals surface area contributed by atoms with Crippen LogP contribution in [-0.4, -0.2) is 9.97 Å². The first-order chi connectivity index (χ1) is 7.33. The third-order valence-electron chi connectivity index (χ3n) is 1.93. The van der Waals surface area contributed by atoms with Crippen molar-refractivity contribution in [1.82, 2.24) is 9.97 Å². The average Bonchev–Trinajstić information content (AvgIpc) is 2.30. The van der Waals surface area contributed by atoms with Gasteiger partial charge in [-0.2, -0.15) is 5.26 Å². The van der Waals surface area contributed by atoms with Crippen molar-refractivity contribution in [2.45, 2.75) is 0 Å². The highest BCUT2D eigenvalue weighted by atomic mass is 19.1. The topological polar surface area (TPSA) is 49.6 Å². The normalized spacial score (nSPS) is 9.60. The molecule has 0 N–H and O–H groups in total. The molecule has 0 saturated heterocycles. The summed E-state index contributed by atoms with van der Waals surface area (Å²) < 4.78 is 13.3. The fourth-order valence-electron chi connectivity index (χ4n) is 1.26. The summed E-state index contributed by atoms with van der Waals surface area (Å²) in [5.41, 5.74) is 0.391. The van der Waals surface area contributed by atoms with E-state index in [4.69, 9.17) is 5.26 Å². The molecule has 4 heteroatoms. The quantitative estimate of drug-likeness (QED) is 0.707. The molecular formula is C11H6FN3. The van der Waals surface area contributed by atoms with E-state index < -0.39 is 5.82 Å². The Bertz CT molecular complexity index is 517. The van der Waals surface area contributed by atoms with E-state index >= 15 is 0 Å². The van der Waals surface area contributed by atoms with E-state index in [1.165, 1.54) is 12.1 Å². The number of halogens is 1. The number of hydrogen-bond acceptors (Lipinski definition) is 3. The minimum Gasteiger partial charge on any atom is -0.237 e. The molecule has 0 fully saturated rings. The lowest BCUT2D eigenvalue weighted by atomic mass is 10.1. The fraction of sp³-hybridized carbons (Fsp3) is 0. The molecule has 0 aliphatic carbocycles. The molecule has 2 rings (SSSR count). The van der Waals surface area contributed by atoms with Crippen LogP contribution < -0.4 is 0 Å². The van der Waals surface area contributed by atoms with Crippen LogP contribution in [0.1, 0.15) is 5.56 Å². The maximum absolute atomic E-state index is 13.3. The van der Waals surface area contributed by atoms with Gasteiger partial charge in [-0.25, -0.2) is 14.4 Å². The number of hydrogen-bond donors (Lipinski definition) is 0. The number of aromatic nitrogens is 2. The van der Waals surface area contributed by atoms with Gasteiger partial charge in [0.1, 0.15) is 11.9 Å². The molecule has 15 heavy (non-hydrogen) atoms. The Morgan fingerprint density at radius 1 is 1.13 bits per heavy atom. The second-order valence-electron chi connectivity index (χ2n) is 2.85. The van der Waals surface area contributed by atoms with E-state index in [0.717, 1.165) is 0 Å². The van der Waals surface area contributed by atoms with E-state index in [1.807, 2.05) is 6.07 Å². The first kappa shape index (κ1) is 9.28. The Labute approximate surface area is 85.9 Å². The van der Waals surface area contributed by atoms with Crippen LogP contribution in [-0.2, 0) is 0 Å². The van der Waals surface area contributed by atoms with E-state index in [2.05, 4.69) is 9.97 Å². The van der Waals surface area contributed by atoms with Crippen LogP contribution in [0.4, 0.5) is 4.39 Å². The predicted octanol–water partition coefficient (Wildman–Crippen LogP) is 2.15. The summed E-state index contributed by atoms with van der Waals surface area (Å²) in [6, 6.07) is 7.86. The Morgan fingerprint density at radius 2 is 1.87 bits per heavy atom. The molecule has 0 aliphatic rings. The lowest BCUT2D eigenvalue weighted by Crippen LogP contribution is -1.93. The van der Waals surface area contributed by atoms with Gasteiger partial charge in [0, 0.05) is 18.0 Å². The Kier molecular flexibility index (Phi) is 2.38. The molecule has 1 aromatic carbocycles. The van der Waals surface area contributed by atoms with E-state index in [0.29, 0.717) is 11.4 Å². The van der Waals surface area contributed by atoms with Crippen molar-refractivity contribution in [3.63, 3.8) is 0 Å². The SMILES string of the molecule is N#Cc1c(F)cccc1-c1ncccn1. The average molecular weight is 199 g/mol. The first-order valence-electron chi connectivity index (χ1n) is 4.29. The number of nitrogens with zero attached hydrogens (tertiary/aromatic N) is 3. The highest BCUT2D eigenvalue weighted by molar-refractivity contribution is 5.64. The highest BCUT2D eigenvalue weighted by Gasteiger charge is 2.10. The second kappa shape index (κ2) is 3.84. The summed E-state index contributed by atoms with van der Waals surface area (Å²) in [6.45, 7) is 0. The van der Waals surface area contributed by atoms with Crippen molar-refractivity contribution >= 4 is 0 Å². The zero-order chi connectivity index (χ0) is 10.7. The van der Waals surface area contributed by atoms with Gasteiger partial charge in [0.2, 0.25) is 0 Å². The minimum atomic E-state index is -0.553.